The number of nitrogens with zero attached hydrogens (tertiary/aromatic N) is 1. The average Bonchev–Trinajstić information content (AvgIpc) is 2.40. The molecule has 3 N–H and O–H groups in total. The Hall–Kier alpha value is -2.20. The molecule has 1 heterocycles. The quantitative estimate of drug-likeness (QED) is 0.877. The number of rotatable bonds is 4. The molecule has 0 aliphatic heterocycles. The minimum Gasteiger partial charge on any atom is -0.324 e. The number of nitrogens with one attached hydrogen (secondary N) is 1. The number of amides is 1. The molecule has 0 saturated carbocycles. The van der Waals surface area contributed by atoms with Crippen molar-refractivity contribution >= 4 is 11.6 Å². The van der Waals surface area contributed by atoms with E-state index in [9.17, 15) is 4.79 Å². The molecule has 4 heteroatoms. The van der Waals surface area contributed by atoms with Crippen molar-refractivity contribution in [3.63, 3.8) is 0 Å². The highest BCUT2D eigenvalue weighted by Gasteiger charge is 2.29. The van der Waals surface area contributed by atoms with Crippen molar-refractivity contribution in [2.45, 2.75) is 18.9 Å². The number of carbonyl (C=O) groups is 1. The SMILES string of the molecule is CC(N)(Cc1ccccn1)C(=O)Nc1ccccc1. The van der Waals surface area contributed by atoms with E-state index >= 15 is 0 Å². The van der Waals surface area contributed by atoms with Gasteiger partial charge in [-0.1, -0.05) is 24.3 Å². The molecule has 4 nitrogen and oxygen atoms in total. The Morgan fingerprint density at radius 2 is 1.89 bits per heavy atom. The maximum absolute atomic E-state index is 12.2. The summed E-state index contributed by atoms with van der Waals surface area (Å²) in [5.41, 5.74) is 6.63. The summed E-state index contributed by atoms with van der Waals surface area (Å²) in [5.74, 6) is -0.218. The molecule has 0 radical (unpaired) electrons. The van der Waals surface area contributed by atoms with E-state index in [1.807, 2.05) is 48.5 Å². The van der Waals surface area contributed by atoms with Gasteiger partial charge in [-0.3, -0.25) is 9.78 Å². The summed E-state index contributed by atoms with van der Waals surface area (Å²) in [6, 6.07) is 14.9. The van der Waals surface area contributed by atoms with Gasteiger partial charge < -0.3 is 11.1 Å². The van der Waals surface area contributed by atoms with Crippen molar-refractivity contribution < 1.29 is 4.79 Å². The zero-order chi connectivity index (χ0) is 13.7. The number of anilines is 1. The van der Waals surface area contributed by atoms with E-state index in [0.717, 1.165) is 11.4 Å². The molecule has 1 aromatic heterocycles. The molecule has 2 aromatic rings. The minimum atomic E-state index is -0.996. The summed E-state index contributed by atoms with van der Waals surface area (Å²) in [6.45, 7) is 1.71. The van der Waals surface area contributed by atoms with Crippen LogP contribution >= 0.6 is 0 Å². The first kappa shape index (κ1) is 13.2. The summed E-state index contributed by atoms with van der Waals surface area (Å²) < 4.78 is 0. The molecule has 0 bridgehead atoms. The van der Waals surface area contributed by atoms with E-state index in [-0.39, 0.29) is 5.91 Å². The van der Waals surface area contributed by atoms with Gasteiger partial charge in [0.05, 0.1) is 5.54 Å². The smallest absolute Gasteiger partial charge is 0.244 e. The highest BCUT2D eigenvalue weighted by Crippen LogP contribution is 2.13. The third-order valence-electron chi connectivity index (χ3n) is 2.82. The number of pyridine rings is 1. The van der Waals surface area contributed by atoms with Crippen LogP contribution in [0.4, 0.5) is 5.69 Å². The Morgan fingerprint density at radius 1 is 1.21 bits per heavy atom. The Balaban J connectivity index is 2.05. The van der Waals surface area contributed by atoms with Crippen LogP contribution in [0, 0.1) is 0 Å². The number of para-hydroxylation sites is 1. The van der Waals surface area contributed by atoms with Gasteiger partial charge >= 0.3 is 0 Å². The van der Waals surface area contributed by atoms with Gasteiger partial charge in [-0.25, -0.2) is 0 Å². The van der Waals surface area contributed by atoms with E-state index in [0.29, 0.717) is 6.42 Å². The highest BCUT2D eigenvalue weighted by atomic mass is 16.2. The van der Waals surface area contributed by atoms with Gasteiger partial charge in [0, 0.05) is 24.0 Å². The topological polar surface area (TPSA) is 68.0 Å². The normalized spacial score (nSPS) is 13.6. The zero-order valence-corrected chi connectivity index (χ0v) is 10.8. The lowest BCUT2D eigenvalue weighted by molar-refractivity contribution is -0.120. The van der Waals surface area contributed by atoms with E-state index in [4.69, 9.17) is 5.73 Å². The third kappa shape index (κ3) is 3.63. The highest BCUT2D eigenvalue weighted by molar-refractivity contribution is 5.97. The first-order chi connectivity index (χ1) is 9.08. The molecule has 1 atom stereocenters. The predicted octanol–water partition coefficient (Wildman–Crippen LogP) is 1.98. The second-order valence-corrected chi connectivity index (χ2v) is 4.74. The largest absolute Gasteiger partial charge is 0.324 e. The van der Waals surface area contributed by atoms with Crippen LogP contribution in [0.25, 0.3) is 0 Å². The second-order valence-electron chi connectivity index (χ2n) is 4.74. The lowest BCUT2D eigenvalue weighted by Gasteiger charge is -2.23. The van der Waals surface area contributed by atoms with Gasteiger partial charge in [0.15, 0.2) is 0 Å². The van der Waals surface area contributed by atoms with Gasteiger partial charge in [-0.2, -0.15) is 0 Å². The van der Waals surface area contributed by atoms with Crippen molar-refractivity contribution in [1.82, 2.24) is 4.98 Å². The van der Waals surface area contributed by atoms with Crippen molar-refractivity contribution in [1.29, 1.82) is 0 Å². The number of aromatic nitrogens is 1. The fourth-order valence-electron chi connectivity index (χ4n) is 1.75. The number of hydrogen-bond donors (Lipinski definition) is 2. The van der Waals surface area contributed by atoms with Crippen LogP contribution in [0.5, 0.6) is 0 Å². The molecule has 0 saturated heterocycles. The van der Waals surface area contributed by atoms with Crippen LogP contribution in [-0.4, -0.2) is 16.4 Å². The molecule has 98 valence electrons. The van der Waals surface area contributed by atoms with E-state index in [1.54, 1.807) is 13.1 Å². The number of benzene rings is 1. The van der Waals surface area contributed by atoms with Crippen LogP contribution in [0.2, 0.25) is 0 Å². The molecule has 19 heavy (non-hydrogen) atoms. The van der Waals surface area contributed by atoms with Gasteiger partial charge in [0.2, 0.25) is 5.91 Å². The minimum absolute atomic E-state index is 0.218. The summed E-state index contributed by atoms with van der Waals surface area (Å²) in [4.78, 5) is 16.4. The Bertz CT molecular complexity index is 538. The summed E-state index contributed by atoms with van der Waals surface area (Å²) in [6.07, 6.45) is 2.09. The van der Waals surface area contributed by atoms with Crippen molar-refractivity contribution in [3.8, 4) is 0 Å². The van der Waals surface area contributed by atoms with E-state index in [2.05, 4.69) is 10.3 Å². The molecule has 1 amide bonds. The van der Waals surface area contributed by atoms with Gasteiger partial charge in [-0.15, -0.1) is 0 Å². The van der Waals surface area contributed by atoms with E-state index < -0.39 is 5.54 Å². The second kappa shape index (κ2) is 5.63. The molecule has 1 unspecified atom stereocenters. The predicted molar refractivity (Wildman–Crippen MR) is 75.6 cm³/mol. The molecule has 0 fully saturated rings. The number of nitrogens with two attached hydrogens (primary N) is 1. The van der Waals surface area contributed by atoms with Crippen molar-refractivity contribution in [2.24, 2.45) is 5.73 Å². The Morgan fingerprint density at radius 3 is 2.53 bits per heavy atom. The Labute approximate surface area is 112 Å². The summed E-state index contributed by atoms with van der Waals surface area (Å²) >= 11 is 0. The maximum atomic E-state index is 12.2. The molecule has 0 spiro atoms. The van der Waals surface area contributed by atoms with Crippen LogP contribution < -0.4 is 11.1 Å². The first-order valence-corrected chi connectivity index (χ1v) is 6.13. The number of carbonyl (C=O) groups excluding carboxylic acids is 1. The molecule has 1 aromatic carbocycles. The summed E-state index contributed by atoms with van der Waals surface area (Å²) in [7, 11) is 0. The van der Waals surface area contributed by atoms with E-state index in [1.165, 1.54) is 0 Å². The van der Waals surface area contributed by atoms with Crippen LogP contribution in [0.15, 0.2) is 54.7 Å². The standard InChI is InChI=1S/C15H17N3O/c1-15(16,11-13-9-5-6-10-17-13)14(19)18-12-7-3-2-4-8-12/h2-10H,11,16H2,1H3,(H,18,19). The van der Waals surface area contributed by atoms with Crippen LogP contribution in [0.3, 0.4) is 0 Å². The average molecular weight is 255 g/mol. The van der Waals surface area contributed by atoms with Gasteiger partial charge in [0.25, 0.3) is 0 Å². The fourth-order valence-corrected chi connectivity index (χ4v) is 1.75. The molecular formula is C15H17N3O. The zero-order valence-electron chi connectivity index (χ0n) is 10.8. The maximum Gasteiger partial charge on any atom is 0.244 e. The molecular weight excluding hydrogens is 238 g/mol. The van der Waals surface area contributed by atoms with Gasteiger partial charge in [0.1, 0.15) is 0 Å². The molecule has 0 aliphatic carbocycles. The fraction of sp³-hybridized carbons (Fsp3) is 0.200. The van der Waals surface area contributed by atoms with Crippen LogP contribution in [0.1, 0.15) is 12.6 Å². The van der Waals surface area contributed by atoms with Gasteiger partial charge in [-0.05, 0) is 31.2 Å². The van der Waals surface area contributed by atoms with Crippen molar-refractivity contribution in [2.75, 3.05) is 5.32 Å². The lowest BCUT2D eigenvalue weighted by atomic mass is 9.95. The van der Waals surface area contributed by atoms with Crippen molar-refractivity contribution in [3.05, 3.63) is 60.4 Å². The van der Waals surface area contributed by atoms with Crippen LogP contribution in [-0.2, 0) is 11.2 Å². The lowest BCUT2D eigenvalue weighted by Crippen LogP contribution is -2.50. The number of hydrogen-bond acceptors (Lipinski definition) is 3. The monoisotopic (exact) mass is 255 g/mol. The Kier molecular flexibility index (Phi) is 3.92. The molecule has 0 aliphatic rings. The first-order valence-electron chi connectivity index (χ1n) is 6.13. The third-order valence-corrected chi connectivity index (χ3v) is 2.82. The molecule has 2 rings (SSSR count). The summed E-state index contributed by atoms with van der Waals surface area (Å²) in [5, 5.41) is 2.81.